The molecule has 0 saturated heterocycles. The molecule has 0 spiro atoms. The number of ether oxygens (including phenoxy) is 1. The molecule has 0 bridgehead atoms. The van der Waals surface area contributed by atoms with Gasteiger partial charge in [0.05, 0.1) is 18.3 Å². The minimum Gasteiger partial charge on any atom is -0.497 e. The van der Waals surface area contributed by atoms with Gasteiger partial charge < -0.3 is 4.74 Å². The van der Waals surface area contributed by atoms with Crippen LogP contribution in [-0.4, -0.2) is 36.4 Å². The predicted molar refractivity (Wildman–Crippen MR) is 114 cm³/mol. The zero-order valence-electron chi connectivity index (χ0n) is 17.4. The molecule has 1 unspecified atom stereocenters. The minimum absolute atomic E-state index is 0.607. The molecular weight excluding hydrogens is 364 g/mol. The van der Waals surface area contributed by atoms with Crippen LogP contribution in [0.3, 0.4) is 0 Å². The lowest BCUT2D eigenvalue weighted by Gasteiger charge is -2.20. The van der Waals surface area contributed by atoms with Crippen LogP contribution in [-0.2, 0) is 6.54 Å². The van der Waals surface area contributed by atoms with Gasteiger partial charge in [0.15, 0.2) is 13.3 Å². The molecule has 1 aliphatic heterocycles. The standard InChI is InChI=1S/C22H26N6O/c1-14-9-15(2)20-19(10-14)16(3)25-22(26-20)27-21-23-12-28(13-24-21)11-17-5-7-18(29-4)8-6-17/h5-10H,11-13H2,1-4H3,(H2,23,24,25,26,27)/p+2. The summed E-state index contributed by atoms with van der Waals surface area (Å²) >= 11 is 0. The Morgan fingerprint density at radius 1 is 1.14 bits per heavy atom. The first-order chi connectivity index (χ1) is 14.0. The van der Waals surface area contributed by atoms with Crippen LogP contribution in [0.1, 0.15) is 22.4 Å². The van der Waals surface area contributed by atoms with E-state index in [-0.39, 0.29) is 0 Å². The number of benzene rings is 2. The average Bonchev–Trinajstić information content (AvgIpc) is 2.71. The van der Waals surface area contributed by atoms with Crippen LogP contribution in [0.5, 0.6) is 5.75 Å². The van der Waals surface area contributed by atoms with Crippen LogP contribution in [0.2, 0.25) is 0 Å². The van der Waals surface area contributed by atoms with Gasteiger partial charge in [0.2, 0.25) is 0 Å². The molecule has 7 nitrogen and oxygen atoms in total. The van der Waals surface area contributed by atoms with Gasteiger partial charge in [0.1, 0.15) is 12.3 Å². The Hall–Kier alpha value is -3.19. The molecule has 1 atom stereocenters. The van der Waals surface area contributed by atoms with E-state index in [2.05, 4.69) is 58.7 Å². The summed E-state index contributed by atoms with van der Waals surface area (Å²) in [4.78, 5) is 14.2. The summed E-state index contributed by atoms with van der Waals surface area (Å²) in [6, 6.07) is 12.5. The second-order valence-corrected chi connectivity index (χ2v) is 7.59. The van der Waals surface area contributed by atoms with Crippen molar-refractivity contribution >= 4 is 22.8 Å². The van der Waals surface area contributed by atoms with Crippen LogP contribution in [0.15, 0.2) is 36.4 Å². The Bertz CT molecular complexity index is 1060. The van der Waals surface area contributed by atoms with Gasteiger partial charge in [-0.15, -0.1) is 0 Å². The molecule has 4 rings (SSSR count). The Kier molecular flexibility index (Phi) is 5.31. The normalized spacial score (nSPS) is 16.3. The van der Waals surface area contributed by atoms with E-state index in [1.165, 1.54) is 21.6 Å². The largest absolute Gasteiger partial charge is 0.497 e. The third kappa shape index (κ3) is 4.30. The van der Waals surface area contributed by atoms with Crippen molar-refractivity contribution in [2.24, 2.45) is 0 Å². The van der Waals surface area contributed by atoms with Crippen molar-refractivity contribution in [3.05, 3.63) is 58.8 Å². The maximum absolute atomic E-state index is 5.22. The Balaban J connectivity index is 1.44. The number of nitrogens with one attached hydrogen (secondary N) is 4. The van der Waals surface area contributed by atoms with Crippen molar-refractivity contribution in [1.29, 1.82) is 0 Å². The van der Waals surface area contributed by atoms with E-state index in [4.69, 9.17) is 9.72 Å². The van der Waals surface area contributed by atoms with Gasteiger partial charge in [0, 0.05) is 10.9 Å². The molecule has 1 aliphatic rings. The van der Waals surface area contributed by atoms with E-state index in [0.717, 1.165) is 48.2 Å². The number of fused-ring (bicyclic) bond motifs is 1. The summed E-state index contributed by atoms with van der Waals surface area (Å²) in [5.74, 6) is 2.33. The highest BCUT2D eigenvalue weighted by atomic mass is 16.5. The fourth-order valence-corrected chi connectivity index (χ4v) is 3.70. The van der Waals surface area contributed by atoms with Gasteiger partial charge >= 0.3 is 5.96 Å². The highest BCUT2D eigenvalue weighted by Crippen LogP contribution is 2.22. The van der Waals surface area contributed by atoms with Crippen LogP contribution in [0.4, 0.5) is 5.95 Å². The molecule has 2 heterocycles. The number of guanidine groups is 1. The van der Waals surface area contributed by atoms with E-state index < -0.39 is 0 Å². The van der Waals surface area contributed by atoms with E-state index in [1.807, 2.05) is 19.1 Å². The zero-order chi connectivity index (χ0) is 20.4. The number of aryl methyl sites for hydroxylation is 3. The molecule has 29 heavy (non-hydrogen) atoms. The number of anilines is 1. The molecule has 4 N–H and O–H groups in total. The molecule has 2 aromatic carbocycles. The van der Waals surface area contributed by atoms with Crippen molar-refractivity contribution in [2.75, 3.05) is 25.8 Å². The summed E-state index contributed by atoms with van der Waals surface area (Å²) in [6.07, 6.45) is 0. The molecule has 1 aromatic heterocycles. The fraction of sp³-hybridized carbons (Fsp3) is 0.318. The van der Waals surface area contributed by atoms with Gasteiger partial charge in [-0.05, 0) is 56.7 Å². The summed E-state index contributed by atoms with van der Waals surface area (Å²) in [5, 5.41) is 7.81. The van der Waals surface area contributed by atoms with Gasteiger partial charge in [-0.3, -0.25) is 4.90 Å². The van der Waals surface area contributed by atoms with Crippen molar-refractivity contribution in [3.63, 3.8) is 0 Å². The van der Waals surface area contributed by atoms with Crippen LogP contribution in [0, 0.1) is 20.8 Å². The smallest absolute Gasteiger partial charge is 0.359 e. The Morgan fingerprint density at radius 3 is 2.62 bits per heavy atom. The number of hydrogen-bond acceptors (Lipinski definition) is 5. The highest BCUT2D eigenvalue weighted by molar-refractivity contribution is 5.90. The molecule has 150 valence electrons. The van der Waals surface area contributed by atoms with E-state index in [0.29, 0.717) is 5.95 Å². The number of quaternary nitrogens is 1. The minimum atomic E-state index is 0.607. The zero-order valence-corrected chi connectivity index (χ0v) is 17.4. The molecule has 0 aliphatic carbocycles. The van der Waals surface area contributed by atoms with E-state index in [1.54, 1.807) is 7.11 Å². The molecule has 7 heteroatoms. The van der Waals surface area contributed by atoms with Crippen molar-refractivity contribution < 1.29 is 14.6 Å². The first-order valence-corrected chi connectivity index (χ1v) is 9.85. The number of aromatic nitrogens is 2. The van der Waals surface area contributed by atoms with Crippen LogP contribution >= 0.6 is 0 Å². The van der Waals surface area contributed by atoms with Gasteiger partial charge in [0.25, 0.3) is 5.95 Å². The van der Waals surface area contributed by atoms with Crippen LogP contribution < -0.4 is 25.3 Å². The maximum Gasteiger partial charge on any atom is 0.359 e. The molecule has 0 radical (unpaired) electrons. The van der Waals surface area contributed by atoms with E-state index >= 15 is 0 Å². The third-order valence-electron chi connectivity index (χ3n) is 5.21. The molecule has 0 fully saturated rings. The highest BCUT2D eigenvalue weighted by Gasteiger charge is 2.21. The Morgan fingerprint density at radius 2 is 1.93 bits per heavy atom. The first-order valence-electron chi connectivity index (χ1n) is 9.85. The number of methoxy groups -OCH3 is 1. The Labute approximate surface area is 170 Å². The van der Waals surface area contributed by atoms with Crippen molar-refractivity contribution in [1.82, 2.24) is 15.3 Å². The lowest BCUT2D eigenvalue weighted by molar-refractivity contribution is -0.991. The van der Waals surface area contributed by atoms with Gasteiger partial charge in [-0.1, -0.05) is 11.6 Å². The maximum atomic E-state index is 5.22. The van der Waals surface area contributed by atoms with Gasteiger partial charge in [-0.2, -0.15) is 4.98 Å². The predicted octanol–water partition coefficient (Wildman–Crippen LogP) is 0.0155. The number of hydrogen-bond donors (Lipinski definition) is 4. The lowest BCUT2D eigenvalue weighted by atomic mass is 10.1. The second kappa shape index (κ2) is 8.05. The lowest BCUT2D eigenvalue weighted by Crippen LogP contribution is -3.23. The van der Waals surface area contributed by atoms with Crippen molar-refractivity contribution in [2.45, 2.75) is 27.3 Å². The molecule has 0 saturated carbocycles. The monoisotopic (exact) mass is 392 g/mol. The SMILES string of the molecule is COc1ccc(C[NH+]2CNC(Nc3nc(C)c4cc(C)cc(C)c4n3)=[NH+]C2)cc1. The third-order valence-corrected chi connectivity index (χ3v) is 5.21. The average molecular weight is 393 g/mol. The molecule has 0 amide bonds. The van der Waals surface area contributed by atoms with Crippen molar-refractivity contribution in [3.8, 4) is 5.75 Å². The molecule has 3 aromatic rings. The topological polar surface area (TPSA) is 77.5 Å². The first kappa shape index (κ1) is 19.1. The summed E-state index contributed by atoms with van der Waals surface area (Å²) in [5.41, 5.74) is 5.65. The summed E-state index contributed by atoms with van der Waals surface area (Å²) in [6.45, 7) is 8.78. The van der Waals surface area contributed by atoms with Gasteiger partial charge in [-0.25, -0.2) is 20.6 Å². The number of rotatable bonds is 4. The second-order valence-electron chi connectivity index (χ2n) is 7.59. The van der Waals surface area contributed by atoms with Crippen LogP contribution in [0.25, 0.3) is 10.9 Å². The number of nitrogens with zero attached hydrogens (tertiary/aromatic N) is 2. The summed E-state index contributed by atoms with van der Waals surface area (Å²) in [7, 11) is 1.69. The fourth-order valence-electron chi connectivity index (χ4n) is 3.70. The molecular formula is C22H28N6O+2. The quantitative estimate of drug-likeness (QED) is 0.504. The van der Waals surface area contributed by atoms with E-state index in [9.17, 15) is 0 Å². The summed E-state index contributed by atoms with van der Waals surface area (Å²) < 4.78 is 5.22.